The molecule has 2 rings (SSSR count). The summed E-state index contributed by atoms with van der Waals surface area (Å²) in [4.78, 5) is 9.03. The van der Waals surface area contributed by atoms with Crippen molar-refractivity contribution in [2.75, 3.05) is 12.0 Å². The molecule has 0 amide bonds. The van der Waals surface area contributed by atoms with Gasteiger partial charge in [0.15, 0.2) is 5.16 Å². The highest BCUT2D eigenvalue weighted by molar-refractivity contribution is 7.98. The molecule has 2 aromatic rings. The number of hydrogen-bond donors (Lipinski definition) is 1. The number of benzene rings is 1. The lowest BCUT2D eigenvalue weighted by atomic mass is 9.96. The Morgan fingerprint density at radius 2 is 2.09 bits per heavy atom. The Labute approximate surface area is 136 Å². The van der Waals surface area contributed by atoms with Crippen molar-refractivity contribution in [3.8, 4) is 0 Å². The molecule has 0 aliphatic heterocycles. The first-order valence-corrected chi connectivity index (χ1v) is 8.43. The van der Waals surface area contributed by atoms with Crippen LogP contribution >= 0.6 is 11.8 Å². The number of hydrogen-bond acceptors (Lipinski definition) is 4. The summed E-state index contributed by atoms with van der Waals surface area (Å²) in [6.07, 6.45) is 5.76. The van der Waals surface area contributed by atoms with Gasteiger partial charge in [-0.2, -0.15) is 0 Å². The zero-order valence-corrected chi connectivity index (χ0v) is 13.9. The zero-order chi connectivity index (χ0) is 16.1. The van der Waals surface area contributed by atoms with Crippen molar-refractivity contribution < 1.29 is 0 Å². The fourth-order valence-corrected chi connectivity index (χ4v) is 2.59. The number of thioether (sulfide) groups is 1. The summed E-state index contributed by atoms with van der Waals surface area (Å²) in [5, 5.41) is 0.730. The van der Waals surface area contributed by atoms with Gasteiger partial charge in [-0.15, -0.1) is 0 Å². The molecule has 0 saturated carbocycles. The van der Waals surface area contributed by atoms with Gasteiger partial charge in [-0.1, -0.05) is 50.4 Å². The smallest absolute Gasteiger partial charge is 0.187 e. The lowest BCUT2D eigenvalue weighted by Gasteiger charge is -2.14. The van der Waals surface area contributed by atoms with E-state index in [0.29, 0.717) is 5.69 Å². The zero-order valence-electron chi connectivity index (χ0n) is 13.1. The van der Waals surface area contributed by atoms with Gasteiger partial charge in [0, 0.05) is 23.0 Å². The third-order valence-electron chi connectivity index (χ3n) is 3.40. The number of nitrogens with zero attached hydrogens (tertiary/aromatic N) is 2. The minimum Gasteiger partial charge on any atom is -0.399 e. The summed E-state index contributed by atoms with van der Waals surface area (Å²) < 4.78 is 0. The van der Waals surface area contributed by atoms with Gasteiger partial charge in [-0.25, -0.2) is 9.97 Å². The molecule has 1 heterocycles. The Balaban J connectivity index is 2.51. The standard InChI is InChI=1S/C18H21N3S/c1-5-7-12(2)16-11-20-18(22-4)21-17(16)13(3)14-8-6-9-15(19)10-14/h6,8-11H,2-3,5,7,19H2,1,4H3. The molecular weight excluding hydrogens is 290 g/mol. The van der Waals surface area contributed by atoms with E-state index >= 15 is 0 Å². The average molecular weight is 311 g/mol. The minimum atomic E-state index is 0.715. The third-order valence-corrected chi connectivity index (χ3v) is 3.96. The fourth-order valence-electron chi connectivity index (χ4n) is 2.25. The minimum absolute atomic E-state index is 0.715. The number of allylic oxidation sites excluding steroid dienone is 1. The van der Waals surface area contributed by atoms with Crippen molar-refractivity contribution in [1.82, 2.24) is 9.97 Å². The van der Waals surface area contributed by atoms with Crippen LogP contribution in [-0.4, -0.2) is 16.2 Å². The number of rotatable bonds is 6. The van der Waals surface area contributed by atoms with Gasteiger partial charge in [0.25, 0.3) is 0 Å². The van der Waals surface area contributed by atoms with Crippen molar-refractivity contribution in [2.45, 2.75) is 24.9 Å². The summed E-state index contributed by atoms with van der Waals surface area (Å²) in [5.41, 5.74) is 11.2. The molecule has 0 bridgehead atoms. The third kappa shape index (κ3) is 3.57. The van der Waals surface area contributed by atoms with E-state index in [1.807, 2.05) is 36.7 Å². The largest absolute Gasteiger partial charge is 0.399 e. The average Bonchev–Trinajstić information content (AvgIpc) is 2.53. The molecule has 0 radical (unpaired) electrons. The Morgan fingerprint density at radius 3 is 2.73 bits per heavy atom. The molecule has 1 aromatic heterocycles. The maximum atomic E-state index is 5.88. The molecule has 3 nitrogen and oxygen atoms in total. The van der Waals surface area contributed by atoms with Gasteiger partial charge in [0.1, 0.15) is 0 Å². The molecular formula is C18H21N3S. The van der Waals surface area contributed by atoms with Crippen LogP contribution in [0.5, 0.6) is 0 Å². The van der Waals surface area contributed by atoms with Crippen molar-refractivity contribution in [1.29, 1.82) is 0 Å². The molecule has 1 aromatic carbocycles. The first-order chi connectivity index (χ1) is 10.6. The normalized spacial score (nSPS) is 10.5. The summed E-state index contributed by atoms with van der Waals surface area (Å²) >= 11 is 1.51. The molecule has 0 aliphatic rings. The highest BCUT2D eigenvalue weighted by atomic mass is 32.2. The van der Waals surface area contributed by atoms with Crippen molar-refractivity contribution >= 4 is 28.6 Å². The van der Waals surface area contributed by atoms with Gasteiger partial charge in [-0.3, -0.25) is 0 Å². The molecule has 0 fully saturated rings. The molecule has 0 aliphatic carbocycles. The summed E-state index contributed by atoms with van der Waals surface area (Å²) in [6, 6.07) is 7.69. The van der Waals surface area contributed by atoms with Crippen LogP contribution in [0.15, 0.2) is 48.8 Å². The van der Waals surface area contributed by atoms with Crippen LogP contribution in [0.4, 0.5) is 5.69 Å². The second-order valence-electron chi connectivity index (χ2n) is 5.08. The van der Waals surface area contributed by atoms with E-state index in [1.165, 1.54) is 11.8 Å². The Bertz CT molecular complexity index is 707. The van der Waals surface area contributed by atoms with E-state index in [2.05, 4.69) is 30.0 Å². The van der Waals surface area contributed by atoms with Crippen LogP contribution in [0.2, 0.25) is 0 Å². The SMILES string of the molecule is C=C(CCC)c1cnc(SC)nc1C(=C)c1cccc(N)c1. The molecule has 0 spiro atoms. The molecule has 22 heavy (non-hydrogen) atoms. The maximum absolute atomic E-state index is 5.88. The molecule has 0 atom stereocenters. The van der Waals surface area contributed by atoms with Gasteiger partial charge in [0.2, 0.25) is 0 Å². The van der Waals surface area contributed by atoms with Gasteiger partial charge >= 0.3 is 0 Å². The Hall–Kier alpha value is -2.07. The molecule has 0 saturated heterocycles. The van der Waals surface area contributed by atoms with Gasteiger partial charge in [-0.05, 0) is 35.9 Å². The van der Waals surface area contributed by atoms with Crippen LogP contribution in [0.25, 0.3) is 11.1 Å². The number of aromatic nitrogens is 2. The molecule has 4 heteroatoms. The van der Waals surface area contributed by atoms with E-state index in [-0.39, 0.29) is 0 Å². The van der Waals surface area contributed by atoms with Crippen molar-refractivity contribution in [3.05, 3.63) is 60.4 Å². The molecule has 0 unspecified atom stereocenters. The van der Waals surface area contributed by atoms with Gasteiger partial charge in [0.05, 0.1) is 5.69 Å². The van der Waals surface area contributed by atoms with Crippen LogP contribution in [0.1, 0.15) is 36.6 Å². The molecule has 114 valence electrons. The first-order valence-electron chi connectivity index (χ1n) is 7.21. The summed E-state index contributed by atoms with van der Waals surface area (Å²) in [7, 11) is 0. The topological polar surface area (TPSA) is 51.8 Å². The van der Waals surface area contributed by atoms with Gasteiger partial charge < -0.3 is 5.73 Å². The number of anilines is 1. The molecule has 2 N–H and O–H groups in total. The predicted molar refractivity (Wildman–Crippen MR) is 96.7 cm³/mol. The quantitative estimate of drug-likeness (QED) is 0.479. The highest BCUT2D eigenvalue weighted by Gasteiger charge is 2.14. The lowest BCUT2D eigenvalue weighted by molar-refractivity contribution is 0.930. The summed E-state index contributed by atoms with van der Waals surface area (Å²) in [5.74, 6) is 0. The van der Waals surface area contributed by atoms with E-state index < -0.39 is 0 Å². The first kappa shape index (κ1) is 16.3. The van der Waals surface area contributed by atoms with Crippen molar-refractivity contribution in [2.24, 2.45) is 0 Å². The number of nitrogens with two attached hydrogens (primary N) is 1. The Kier molecular flexibility index (Phi) is 5.39. The second-order valence-corrected chi connectivity index (χ2v) is 5.85. The van der Waals surface area contributed by atoms with E-state index in [4.69, 9.17) is 5.73 Å². The summed E-state index contributed by atoms with van der Waals surface area (Å²) in [6.45, 7) is 10.5. The highest BCUT2D eigenvalue weighted by Crippen LogP contribution is 2.30. The maximum Gasteiger partial charge on any atom is 0.187 e. The Morgan fingerprint density at radius 1 is 1.32 bits per heavy atom. The van der Waals surface area contributed by atoms with E-state index in [9.17, 15) is 0 Å². The lowest BCUT2D eigenvalue weighted by Crippen LogP contribution is -2.01. The van der Waals surface area contributed by atoms with Crippen LogP contribution in [0.3, 0.4) is 0 Å². The van der Waals surface area contributed by atoms with E-state index in [0.717, 1.165) is 46.0 Å². The second kappa shape index (κ2) is 7.27. The van der Waals surface area contributed by atoms with Crippen LogP contribution in [-0.2, 0) is 0 Å². The van der Waals surface area contributed by atoms with Crippen LogP contribution < -0.4 is 5.73 Å². The predicted octanol–water partition coefficient (Wildman–Crippen LogP) is 4.66. The van der Waals surface area contributed by atoms with E-state index in [1.54, 1.807) is 0 Å². The van der Waals surface area contributed by atoms with Crippen molar-refractivity contribution in [3.63, 3.8) is 0 Å². The fraction of sp³-hybridized carbons (Fsp3) is 0.222. The van der Waals surface area contributed by atoms with Crippen LogP contribution in [0, 0.1) is 0 Å². The monoisotopic (exact) mass is 311 g/mol. The number of nitrogen functional groups attached to an aromatic ring is 1.